The monoisotopic (exact) mass is 549 g/mol. The van der Waals surface area contributed by atoms with E-state index in [0.717, 1.165) is 12.8 Å². The molecule has 9 heteroatoms. The van der Waals surface area contributed by atoms with Gasteiger partial charge in [-0.05, 0) is 72.9 Å². The van der Waals surface area contributed by atoms with Gasteiger partial charge in [-0.15, -0.1) is 0 Å². The predicted molar refractivity (Wildman–Crippen MR) is 156 cm³/mol. The quantitative estimate of drug-likeness (QED) is 0.247. The number of nitrogens with one attached hydrogen (secondary N) is 3. The molecule has 3 aromatic carbocycles. The average Bonchev–Trinajstić information content (AvgIpc) is 3.66. The zero-order chi connectivity index (χ0) is 28.9. The van der Waals surface area contributed by atoms with Gasteiger partial charge in [0.1, 0.15) is 36.4 Å². The van der Waals surface area contributed by atoms with Crippen LogP contribution in [0, 0.1) is 11.3 Å². The number of amides is 3. The van der Waals surface area contributed by atoms with Crippen LogP contribution in [0.15, 0.2) is 72.8 Å². The van der Waals surface area contributed by atoms with Crippen molar-refractivity contribution in [1.29, 1.82) is 5.26 Å². The smallest absolute Gasteiger partial charge is 0.271 e. The van der Waals surface area contributed by atoms with Gasteiger partial charge in [0.25, 0.3) is 5.91 Å². The lowest BCUT2D eigenvalue weighted by Gasteiger charge is -2.21. The Bertz CT molecular complexity index is 1610. The molecule has 3 amide bonds. The van der Waals surface area contributed by atoms with E-state index in [-0.39, 0.29) is 30.7 Å². The maximum Gasteiger partial charge on any atom is 0.271 e. The Morgan fingerprint density at radius 2 is 1.63 bits per heavy atom. The Morgan fingerprint density at radius 3 is 2.27 bits per heavy atom. The van der Waals surface area contributed by atoms with Crippen molar-refractivity contribution >= 4 is 34.3 Å². The molecule has 9 nitrogen and oxygen atoms in total. The number of carbonyl (C=O) groups excluding carboxylic acids is 3. The SMILES string of the molecule is CC(C)c1ccc(Oc2ccc(NC(=O)CN(CC(=O)NC3CC3)C(=O)c3cc4cccc(C#N)c4[nH]3)cc2)cc1. The Balaban J connectivity index is 1.26. The van der Waals surface area contributed by atoms with Crippen LogP contribution in [0.4, 0.5) is 5.69 Å². The number of hydrogen-bond donors (Lipinski definition) is 3. The molecular formula is C32H31N5O4. The average molecular weight is 550 g/mol. The Labute approximate surface area is 238 Å². The highest BCUT2D eigenvalue weighted by molar-refractivity contribution is 6.03. The first-order valence-electron chi connectivity index (χ1n) is 13.6. The number of hydrogen-bond acceptors (Lipinski definition) is 5. The number of anilines is 1. The van der Waals surface area contributed by atoms with Gasteiger partial charge in [0.05, 0.1) is 11.1 Å². The summed E-state index contributed by atoms with van der Waals surface area (Å²) in [4.78, 5) is 43.2. The second kappa shape index (κ2) is 12.0. The van der Waals surface area contributed by atoms with Gasteiger partial charge in [0.2, 0.25) is 11.8 Å². The molecule has 1 saturated carbocycles. The third-order valence-corrected chi connectivity index (χ3v) is 6.83. The zero-order valence-electron chi connectivity index (χ0n) is 22.9. The van der Waals surface area contributed by atoms with E-state index >= 15 is 0 Å². The van der Waals surface area contributed by atoms with Gasteiger partial charge < -0.3 is 25.3 Å². The van der Waals surface area contributed by atoms with Gasteiger partial charge in [-0.2, -0.15) is 5.26 Å². The maximum atomic E-state index is 13.5. The molecule has 5 rings (SSSR count). The fraction of sp³-hybridized carbons (Fsp3) is 0.250. The van der Waals surface area contributed by atoms with E-state index in [1.165, 1.54) is 10.5 Å². The Morgan fingerprint density at radius 1 is 0.976 bits per heavy atom. The number of benzene rings is 3. The second-order valence-electron chi connectivity index (χ2n) is 10.5. The Kier molecular flexibility index (Phi) is 8.01. The highest BCUT2D eigenvalue weighted by Gasteiger charge is 2.27. The fourth-order valence-electron chi connectivity index (χ4n) is 4.45. The number of fused-ring (bicyclic) bond motifs is 1. The van der Waals surface area contributed by atoms with Gasteiger partial charge in [0, 0.05) is 17.1 Å². The summed E-state index contributed by atoms with van der Waals surface area (Å²) >= 11 is 0. The molecule has 3 N–H and O–H groups in total. The molecule has 41 heavy (non-hydrogen) atoms. The summed E-state index contributed by atoms with van der Waals surface area (Å²) in [6.07, 6.45) is 1.81. The standard InChI is InChI=1S/C32H31N5O4/c1-20(2)21-6-12-26(13-7-21)41-27-14-10-25(11-15-27)35-30(39)19-37(18-29(38)34-24-8-9-24)32(40)28-16-22-4-3-5-23(17-33)31(22)36-28/h3-7,10-16,20,24,36H,8-9,18-19H2,1-2H3,(H,34,38)(H,35,39). The molecule has 0 saturated heterocycles. The molecule has 1 aromatic heterocycles. The first-order valence-corrected chi connectivity index (χ1v) is 13.6. The summed E-state index contributed by atoms with van der Waals surface area (Å²) < 4.78 is 5.91. The van der Waals surface area contributed by atoms with E-state index in [1.54, 1.807) is 48.5 Å². The molecule has 0 bridgehead atoms. The van der Waals surface area contributed by atoms with Crippen molar-refractivity contribution in [3.8, 4) is 17.6 Å². The topological polar surface area (TPSA) is 127 Å². The number of carbonyl (C=O) groups is 3. The summed E-state index contributed by atoms with van der Waals surface area (Å²) in [5.74, 6) is 0.464. The van der Waals surface area contributed by atoms with Crippen LogP contribution < -0.4 is 15.4 Å². The number of nitriles is 1. The molecule has 0 atom stereocenters. The van der Waals surface area contributed by atoms with Gasteiger partial charge in [-0.1, -0.05) is 38.1 Å². The lowest BCUT2D eigenvalue weighted by molar-refractivity contribution is -0.122. The number of H-pyrrole nitrogens is 1. The van der Waals surface area contributed by atoms with Crippen LogP contribution in [0.5, 0.6) is 11.5 Å². The van der Waals surface area contributed by atoms with Crippen molar-refractivity contribution < 1.29 is 19.1 Å². The minimum absolute atomic E-state index is 0.119. The van der Waals surface area contributed by atoms with Crippen LogP contribution in [0.2, 0.25) is 0 Å². The van der Waals surface area contributed by atoms with Crippen molar-refractivity contribution in [3.05, 3.63) is 89.6 Å². The number of aromatic nitrogens is 1. The molecular weight excluding hydrogens is 518 g/mol. The Hall–Kier alpha value is -5.10. The van der Waals surface area contributed by atoms with Crippen molar-refractivity contribution in [2.24, 2.45) is 0 Å². The summed E-state index contributed by atoms with van der Waals surface area (Å²) in [6, 6.07) is 23.8. The first kappa shape index (κ1) is 27.5. The predicted octanol–water partition coefficient (Wildman–Crippen LogP) is 5.31. The fourth-order valence-corrected chi connectivity index (χ4v) is 4.45. The van der Waals surface area contributed by atoms with Gasteiger partial charge in [-0.25, -0.2) is 0 Å². The molecule has 0 unspecified atom stereocenters. The first-order chi connectivity index (χ1) is 19.8. The molecule has 4 aromatic rings. The number of aromatic amines is 1. The molecule has 0 aliphatic heterocycles. The van der Waals surface area contributed by atoms with Crippen molar-refractivity contribution in [2.75, 3.05) is 18.4 Å². The highest BCUT2D eigenvalue weighted by atomic mass is 16.5. The summed E-state index contributed by atoms with van der Waals surface area (Å²) in [6.45, 7) is 3.66. The lowest BCUT2D eigenvalue weighted by Crippen LogP contribution is -2.45. The van der Waals surface area contributed by atoms with Crippen LogP contribution >= 0.6 is 0 Å². The largest absolute Gasteiger partial charge is 0.457 e. The zero-order valence-corrected chi connectivity index (χ0v) is 22.9. The van der Waals surface area contributed by atoms with Crippen LogP contribution in [0.1, 0.15) is 54.2 Å². The molecule has 1 aliphatic carbocycles. The van der Waals surface area contributed by atoms with Crippen LogP contribution in [0.3, 0.4) is 0 Å². The van der Waals surface area contributed by atoms with Gasteiger partial charge >= 0.3 is 0 Å². The van der Waals surface area contributed by atoms with E-state index in [2.05, 4.69) is 35.5 Å². The third-order valence-electron chi connectivity index (χ3n) is 6.83. The van der Waals surface area contributed by atoms with E-state index < -0.39 is 11.8 Å². The maximum absolute atomic E-state index is 13.5. The minimum atomic E-state index is -0.515. The van der Waals surface area contributed by atoms with Gasteiger partial charge in [0.15, 0.2) is 0 Å². The van der Waals surface area contributed by atoms with Crippen LogP contribution in [-0.4, -0.2) is 46.7 Å². The lowest BCUT2D eigenvalue weighted by atomic mass is 10.0. The molecule has 208 valence electrons. The molecule has 1 aliphatic rings. The number of ether oxygens (including phenoxy) is 1. The van der Waals surface area contributed by atoms with Crippen molar-refractivity contribution in [3.63, 3.8) is 0 Å². The molecule has 1 heterocycles. The number of rotatable bonds is 10. The van der Waals surface area contributed by atoms with Crippen molar-refractivity contribution in [1.82, 2.24) is 15.2 Å². The summed E-state index contributed by atoms with van der Waals surface area (Å²) in [5.41, 5.74) is 2.87. The molecule has 0 spiro atoms. The minimum Gasteiger partial charge on any atom is -0.457 e. The van der Waals surface area contributed by atoms with Crippen molar-refractivity contribution in [2.45, 2.75) is 38.6 Å². The summed E-state index contributed by atoms with van der Waals surface area (Å²) in [7, 11) is 0. The van der Waals surface area contributed by atoms with Crippen LogP contribution in [0.25, 0.3) is 10.9 Å². The highest BCUT2D eigenvalue weighted by Crippen LogP contribution is 2.25. The van der Waals surface area contributed by atoms with E-state index in [9.17, 15) is 19.6 Å². The van der Waals surface area contributed by atoms with E-state index in [1.807, 2.05) is 24.3 Å². The summed E-state index contributed by atoms with van der Waals surface area (Å²) in [5, 5.41) is 15.7. The third kappa shape index (κ3) is 6.92. The van der Waals surface area contributed by atoms with E-state index in [4.69, 9.17) is 4.74 Å². The van der Waals surface area contributed by atoms with Gasteiger partial charge in [-0.3, -0.25) is 14.4 Å². The van der Waals surface area contributed by atoms with Crippen LogP contribution in [-0.2, 0) is 9.59 Å². The number of para-hydroxylation sites is 1. The second-order valence-corrected chi connectivity index (χ2v) is 10.5. The number of nitrogens with zero attached hydrogens (tertiary/aromatic N) is 2. The molecule has 0 radical (unpaired) electrons. The molecule has 1 fully saturated rings. The van der Waals surface area contributed by atoms with E-state index in [0.29, 0.717) is 39.6 Å². The normalized spacial score (nSPS) is 12.5.